The molecule has 0 radical (unpaired) electrons. The summed E-state index contributed by atoms with van der Waals surface area (Å²) >= 11 is 3.51. The van der Waals surface area contributed by atoms with E-state index in [0.717, 1.165) is 34.6 Å². The van der Waals surface area contributed by atoms with Crippen molar-refractivity contribution in [2.45, 2.75) is 39.8 Å². The number of rotatable bonds is 7. The van der Waals surface area contributed by atoms with Crippen LogP contribution in [-0.4, -0.2) is 6.54 Å². The van der Waals surface area contributed by atoms with Crippen molar-refractivity contribution in [3.63, 3.8) is 0 Å². The van der Waals surface area contributed by atoms with E-state index >= 15 is 0 Å². The molecule has 4 heteroatoms. The van der Waals surface area contributed by atoms with E-state index in [-0.39, 0.29) is 0 Å². The molecule has 2 aromatic rings. The molecule has 0 amide bonds. The molecule has 1 aromatic heterocycles. The maximum absolute atomic E-state index is 5.98. The first-order valence-corrected chi connectivity index (χ1v) is 8.09. The van der Waals surface area contributed by atoms with E-state index in [2.05, 4.69) is 48.1 Å². The molecule has 0 aliphatic heterocycles. The molecule has 0 bridgehead atoms. The van der Waals surface area contributed by atoms with Crippen LogP contribution in [-0.2, 0) is 13.2 Å². The lowest BCUT2D eigenvalue weighted by atomic mass is 10.0. The molecule has 0 aliphatic rings. The summed E-state index contributed by atoms with van der Waals surface area (Å²) in [5, 5.41) is 3.30. The summed E-state index contributed by atoms with van der Waals surface area (Å²) in [6, 6.07) is 8.11. The average molecular weight is 352 g/mol. The van der Waals surface area contributed by atoms with E-state index in [9.17, 15) is 0 Å². The number of benzene rings is 1. The molecule has 0 saturated heterocycles. The van der Waals surface area contributed by atoms with Gasteiger partial charge in [-0.1, -0.05) is 36.7 Å². The number of nitrogens with one attached hydrogen (secondary N) is 1. The summed E-state index contributed by atoms with van der Waals surface area (Å²) in [7, 11) is 0. The highest BCUT2D eigenvalue weighted by Gasteiger charge is 2.11. The van der Waals surface area contributed by atoms with E-state index in [1.54, 1.807) is 6.26 Å². The molecule has 1 aromatic carbocycles. The van der Waals surface area contributed by atoms with Gasteiger partial charge in [0.2, 0.25) is 0 Å². The molecule has 0 atom stereocenters. The van der Waals surface area contributed by atoms with Crippen molar-refractivity contribution in [1.82, 2.24) is 5.32 Å². The predicted molar refractivity (Wildman–Crippen MR) is 88.7 cm³/mol. The normalized spacial score (nSPS) is 11.1. The predicted octanol–water partition coefficient (Wildman–Crippen LogP) is 4.85. The smallest absolute Gasteiger partial charge is 0.146 e. The summed E-state index contributed by atoms with van der Waals surface area (Å²) in [6.07, 6.45) is 1.72. The largest absolute Gasteiger partial charge is 0.485 e. The zero-order valence-electron chi connectivity index (χ0n) is 12.8. The third-order valence-corrected chi connectivity index (χ3v) is 3.85. The third-order valence-electron chi connectivity index (χ3n) is 3.36. The number of hydrogen-bond acceptors (Lipinski definition) is 3. The van der Waals surface area contributed by atoms with Gasteiger partial charge in [0.25, 0.3) is 0 Å². The number of hydrogen-bond donors (Lipinski definition) is 1. The molecule has 0 spiro atoms. The van der Waals surface area contributed by atoms with Gasteiger partial charge in [-0.25, -0.2) is 0 Å². The van der Waals surface area contributed by atoms with E-state index < -0.39 is 0 Å². The number of ether oxygens (including phenoxy) is 1. The fourth-order valence-electron chi connectivity index (χ4n) is 2.16. The lowest BCUT2D eigenvalue weighted by Gasteiger charge is -2.14. The Labute approximate surface area is 134 Å². The van der Waals surface area contributed by atoms with E-state index in [4.69, 9.17) is 9.15 Å². The van der Waals surface area contributed by atoms with Gasteiger partial charge in [0.05, 0.1) is 6.26 Å². The minimum atomic E-state index is 0.412. The third kappa shape index (κ3) is 4.35. The Hall–Kier alpha value is -1.26. The summed E-state index contributed by atoms with van der Waals surface area (Å²) in [5.74, 6) is 2.21. The van der Waals surface area contributed by atoms with Crippen LogP contribution in [0.1, 0.15) is 43.6 Å². The van der Waals surface area contributed by atoms with Crippen molar-refractivity contribution >= 4 is 15.9 Å². The maximum Gasteiger partial charge on any atom is 0.146 e. The SMILES string of the molecule is CCNCc1ccoc1COc1ccc(Br)cc1C(C)C. The Kier molecular flexibility index (Phi) is 5.88. The van der Waals surface area contributed by atoms with Crippen LogP contribution in [0.5, 0.6) is 5.75 Å². The Morgan fingerprint density at radius 1 is 1.29 bits per heavy atom. The van der Waals surface area contributed by atoms with Crippen LogP contribution < -0.4 is 10.1 Å². The molecule has 1 N–H and O–H groups in total. The zero-order chi connectivity index (χ0) is 15.2. The van der Waals surface area contributed by atoms with Crippen molar-refractivity contribution < 1.29 is 9.15 Å². The Morgan fingerprint density at radius 3 is 2.81 bits per heavy atom. The van der Waals surface area contributed by atoms with Gasteiger partial charge in [-0.15, -0.1) is 0 Å². The van der Waals surface area contributed by atoms with Crippen molar-refractivity contribution in [2.24, 2.45) is 0 Å². The Bertz CT molecular complexity index is 578. The highest BCUT2D eigenvalue weighted by molar-refractivity contribution is 9.10. The van der Waals surface area contributed by atoms with Gasteiger partial charge in [0, 0.05) is 16.6 Å². The molecule has 2 rings (SSSR count). The Morgan fingerprint density at radius 2 is 2.10 bits per heavy atom. The topological polar surface area (TPSA) is 34.4 Å². The minimum Gasteiger partial charge on any atom is -0.485 e. The average Bonchev–Trinajstić information content (AvgIpc) is 2.91. The first kappa shape index (κ1) is 16.1. The Balaban J connectivity index is 2.08. The molecule has 0 fully saturated rings. The van der Waals surface area contributed by atoms with Crippen molar-refractivity contribution in [3.05, 3.63) is 51.9 Å². The van der Waals surface area contributed by atoms with Crippen LogP contribution >= 0.6 is 15.9 Å². The van der Waals surface area contributed by atoms with Gasteiger partial charge >= 0.3 is 0 Å². The van der Waals surface area contributed by atoms with Crippen molar-refractivity contribution in [1.29, 1.82) is 0 Å². The summed E-state index contributed by atoms with van der Waals surface area (Å²) < 4.78 is 12.6. The molecule has 0 saturated carbocycles. The van der Waals surface area contributed by atoms with Gasteiger partial charge in [0.15, 0.2) is 0 Å². The molecule has 0 unspecified atom stereocenters. The zero-order valence-corrected chi connectivity index (χ0v) is 14.4. The highest BCUT2D eigenvalue weighted by atomic mass is 79.9. The number of furan rings is 1. The first-order chi connectivity index (χ1) is 10.1. The van der Waals surface area contributed by atoms with Gasteiger partial charge < -0.3 is 14.5 Å². The lowest BCUT2D eigenvalue weighted by Crippen LogP contribution is -2.13. The lowest BCUT2D eigenvalue weighted by molar-refractivity contribution is 0.265. The first-order valence-electron chi connectivity index (χ1n) is 7.30. The summed E-state index contributed by atoms with van der Waals surface area (Å²) in [4.78, 5) is 0. The van der Waals surface area contributed by atoms with Crippen LogP contribution in [0.4, 0.5) is 0 Å². The van der Waals surface area contributed by atoms with Crippen LogP contribution in [0.3, 0.4) is 0 Å². The van der Waals surface area contributed by atoms with E-state index in [1.807, 2.05) is 18.2 Å². The van der Waals surface area contributed by atoms with Gasteiger partial charge in [-0.3, -0.25) is 0 Å². The second-order valence-electron chi connectivity index (χ2n) is 5.27. The van der Waals surface area contributed by atoms with E-state index in [1.165, 1.54) is 5.56 Å². The van der Waals surface area contributed by atoms with Crippen LogP contribution in [0.25, 0.3) is 0 Å². The maximum atomic E-state index is 5.98. The molecule has 21 heavy (non-hydrogen) atoms. The highest BCUT2D eigenvalue weighted by Crippen LogP contribution is 2.30. The summed E-state index contributed by atoms with van der Waals surface area (Å²) in [6.45, 7) is 8.62. The van der Waals surface area contributed by atoms with Gasteiger partial charge in [-0.2, -0.15) is 0 Å². The van der Waals surface area contributed by atoms with Gasteiger partial charge in [-0.05, 0) is 42.3 Å². The van der Waals surface area contributed by atoms with Crippen molar-refractivity contribution in [2.75, 3.05) is 6.54 Å². The standard InChI is InChI=1S/C17H22BrNO2/c1-4-19-10-13-7-8-20-17(13)11-21-16-6-5-14(18)9-15(16)12(2)3/h5-9,12,19H,4,10-11H2,1-3H3. The monoisotopic (exact) mass is 351 g/mol. The molecular weight excluding hydrogens is 330 g/mol. The fourth-order valence-corrected chi connectivity index (χ4v) is 2.53. The fraction of sp³-hybridized carbons (Fsp3) is 0.412. The molecular formula is C17H22BrNO2. The molecule has 114 valence electrons. The number of halogens is 1. The van der Waals surface area contributed by atoms with Crippen molar-refractivity contribution in [3.8, 4) is 5.75 Å². The van der Waals surface area contributed by atoms with Crippen LogP contribution in [0.15, 0.2) is 39.4 Å². The summed E-state index contributed by atoms with van der Waals surface area (Å²) in [5.41, 5.74) is 2.35. The molecule has 3 nitrogen and oxygen atoms in total. The van der Waals surface area contributed by atoms with Gasteiger partial charge in [0.1, 0.15) is 18.1 Å². The second kappa shape index (κ2) is 7.66. The molecule has 0 aliphatic carbocycles. The minimum absolute atomic E-state index is 0.412. The van der Waals surface area contributed by atoms with Crippen LogP contribution in [0.2, 0.25) is 0 Å². The second-order valence-corrected chi connectivity index (χ2v) is 6.19. The van der Waals surface area contributed by atoms with Crippen LogP contribution in [0, 0.1) is 0 Å². The molecule has 1 heterocycles. The van der Waals surface area contributed by atoms with E-state index in [0.29, 0.717) is 12.5 Å². The quantitative estimate of drug-likeness (QED) is 0.773.